The summed E-state index contributed by atoms with van der Waals surface area (Å²) in [7, 11) is -0.547. The van der Waals surface area contributed by atoms with E-state index in [0.29, 0.717) is 24.8 Å². The Labute approximate surface area is 218 Å². The molecular weight excluding hydrogens is 451 g/mol. The third kappa shape index (κ3) is 6.52. The van der Waals surface area contributed by atoms with E-state index in [4.69, 9.17) is 9.31 Å². The first-order valence-corrected chi connectivity index (χ1v) is 13.5. The van der Waals surface area contributed by atoms with Crippen molar-refractivity contribution in [3.63, 3.8) is 0 Å². The molecule has 1 saturated heterocycles. The van der Waals surface area contributed by atoms with Crippen LogP contribution < -0.4 is 5.32 Å². The number of fused-ring (bicyclic) bond motifs is 1. The fourth-order valence-corrected chi connectivity index (χ4v) is 5.97. The standard InChI is InChI=1S/C29H43BN2O4/c1-8-11-28(34)32(16-9-2)19-27(33)31-26(18-23-15-14-21(5)17-22(23)6)30-35-25-13-10-12-24(20(3)4)29(25,7)36-30/h14-15,17,20,24-26H,9-10,12-13,16,18-19H2,1-7H3,(H,31,33)/t24-,25?,26?,29-/m0/s1. The molecule has 1 aromatic rings. The topological polar surface area (TPSA) is 67.9 Å². The highest BCUT2D eigenvalue weighted by molar-refractivity contribution is 6.48. The van der Waals surface area contributed by atoms with E-state index in [1.807, 2.05) is 6.92 Å². The van der Waals surface area contributed by atoms with Gasteiger partial charge in [0.25, 0.3) is 5.91 Å². The van der Waals surface area contributed by atoms with Gasteiger partial charge in [0, 0.05) is 6.54 Å². The lowest BCUT2D eigenvalue weighted by molar-refractivity contribution is -0.132. The van der Waals surface area contributed by atoms with Crippen LogP contribution in [0.15, 0.2) is 18.2 Å². The molecule has 3 rings (SSSR count). The van der Waals surface area contributed by atoms with Crippen LogP contribution in [0, 0.1) is 37.5 Å². The van der Waals surface area contributed by atoms with Crippen molar-refractivity contribution < 1.29 is 18.9 Å². The number of hydrogen-bond donors (Lipinski definition) is 1. The highest BCUT2D eigenvalue weighted by Gasteiger charge is 2.57. The van der Waals surface area contributed by atoms with Crippen molar-refractivity contribution in [2.75, 3.05) is 13.1 Å². The van der Waals surface area contributed by atoms with E-state index < -0.39 is 7.12 Å². The summed E-state index contributed by atoms with van der Waals surface area (Å²) >= 11 is 0. The number of carbonyl (C=O) groups excluding carboxylic acids is 2. The molecule has 0 bridgehead atoms. The Balaban J connectivity index is 1.84. The van der Waals surface area contributed by atoms with Gasteiger partial charge in [0.1, 0.15) is 6.54 Å². The lowest BCUT2D eigenvalue weighted by atomic mass is 9.69. The monoisotopic (exact) mass is 494 g/mol. The molecule has 0 spiro atoms. The van der Waals surface area contributed by atoms with Crippen molar-refractivity contribution in [2.45, 2.75) is 98.2 Å². The van der Waals surface area contributed by atoms with Crippen LogP contribution in [0.3, 0.4) is 0 Å². The maximum Gasteiger partial charge on any atom is 0.482 e. The van der Waals surface area contributed by atoms with E-state index in [1.165, 1.54) is 16.0 Å². The minimum Gasteiger partial charge on any atom is -0.404 e. The first-order valence-electron chi connectivity index (χ1n) is 13.5. The van der Waals surface area contributed by atoms with Gasteiger partial charge in [0.2, 0.25) is 5.91 Å². The second-order valence-electron chi connectivity index (χ2n) is 11.0. The van der Waals surface area contributed by atoms with Crippen molar-refractivity contribution >= 4 is 18.9 Å². The van der Waals surface area contributed by atoms with Crippen LogP contribution in [0.2, 0.25) is 0 Å². The molecule has 7 heteroatoms. The van der Waals surface area contributed by atoms with E-state index in [1.54, 1.807) is 6.92 Å². The van der Waals surface area contributed by atoms with E-state index in [-0.39, 0.29) is 36.0 Å². The molecule has 0 aromatic heterocycles. The summed E-state index contributed by atoms with van der Waals surface area (Å²) in [5.74, 6) is 5.17. The molecule has 2 unspecified atom stereocenters. The van der Waals surface area contributed by atoms with Crippen molar-refractivity contribution in [1.82, 2.24) is 10.2 Å². The maximum atomic E-state index is 13.2. The molecule has 1 aliphatic carbocycles. The minimum absolute atomic E-state index is 0.0140. The Hall–Kier alpha value is -2.30. The maximum absolute atomic E-state index is 13.2. The van der Waals surface area contributed by atoms with Gasteiger partial charge in [-0.05, 0) is 82.3 Å². The molecule has 196 valence electrons. The van der Waals surface area contributed by atoms with Crippen LogP contribution in [0.5, 0.6) is 0 Å². The van der Waals surface area contributed by atoms with Crippen LogP contribution in [-0.2, 0) is 25.3 Å². The van der Waals surface area contributed by atoms with Crippen LogP contribution >= 0.6 is 0 Å². The zero-order valence-corrected chi connectivity index (χ0v) is 23.1. The fraction of sp³-hybridized carbons (Fsp3) is 0.655. The fourth-order valence-electron chi connectivity index (χ4n) is 5.97. The highest BCUT2D eigenvalue weighted by atomic mass is 16.7. The number of nitrogens with zero attached hydrogens (tertiary/aromatic N) is 1. The molecule has 6 nitrogen and oxygen atoms in total. The summed E-state index contributed by atoms with van der Waals surface area (Å²) < 4.78 is 13.3. The predicted octanol–water partition coefficient (Wildman–Crippen LogP) is 4.25. The summed E-state index contributed by atoms with van der Waals surface area (Å²) in [6.07, 6.45) is 4.58. The molecule has 1 saturated carbocycles. The number of hydrogen-bond acceptors (Lipinski definition) is 4. The molecule has 1 aliphatic heterocycles. The largest absolute Gasteiger partial charge is 0.482 e. The van der Waals surface area contributed by atoms with Crippen molar-refractivity contribution in [3.8, 4) is 11.8 Å². The molecule has 1 N–H and O–H groups in total. The predicted molar refractivity (Wildman–Crippen MR) is 144 cm³/mol. The Morgan fingerprint density at radius 2 is 2.03 bits per heavy atom. The highest BCUT2D eigenvalue weighted by Crippen LogP contribution is 2.46. The summed E-state index contributed by atoms with van der Waals surface area (Å²) in [5.41, 5.74) is 3.16. The van der Waals surface area contributed by atoms with Gasteiger partial charge < -0.3 is 19.5 Å². The summed E-state index contributed by atoms with van der Waals surface area (Å²) in [6, 6.07) is 6.37. The number of nitrogens with one attached hydrogen (secondary N) is 1. The SMILES string of the molecule is CC#CC(=O)N(CCC)CC(=O)NC(Cc1ccc(C)cc1C)B1OC2CCC[C@@H](C(C)C)[C@]2(C)O1. The average Bonchev–Trinajstić information content (AvgIpc) is 3.17. The number of amides is 2. The van der Waals surface area contributed by atoms with Gasteiger partial charge in [-0.3, -0.25) is 9.59 Å². The first kappa shape index (κ1) is 28.3. The van der Waals surface area contributed by atoms with Gasteiger partial charge in [-0.25, -0.2) is 0 Å². The van der Waals surface area contributed by atoms with Crippen LogP contribution in [0.1, 0.15) is 77.0 Å². The van der Waals surface area contributed by atoms with Gasteiger partial charge in [-0.2, -0.15) is 0 Å². The Bertz CT molecular complexity index is 1000. The molecule has 2 fully saturated rings. The van der Waals surface area contributed by atoms with Gasteiger partial charge in [-0.1, -0.05) is 56.9 Å². The number of benzene rings is 1. The van der Waals surface area contributed by atoms with E-state index in [0.717, 1.165) is 31.2 Å². The van der Waals surface area contributed by atoms with Crippen LogP contribution in [0.25, 0.3) is 0 Å². The number of aryl methyl sites for hydroxylation is 2. The Morgan fingerprint density at radius 3 is 2.67 bits per heavy atom. The van der Waals surface area contributed by atoms with Crippen LogP contribution in [-0.4, -0.2) is 54.6 Å². The third-order valence-electron chi connectivity index (χ3n) is 7.79. The van der Waals surface area contributed by atoms with Gasteiger partial charge >= 0.3 is 7.12 Å². The smallest absolute Gasteiger partial charge is 0.404 e. The van der Waals surface area contributed by atoms with Crippen molar-refractivity contribution in [2.24, 2.45) is 11.8 Å². The summed E-state index contributed by atoms with van der Waals surface area (Å²) in [4.78, 5) is 27.2. The van der Waals surface area contributed by atoms with Crippen LogP contribution in [0.4, 0.5) is 0 Å². The molecule has 1 heterocycles. The molecule has 0 radical (unpaired) electrons. The molecular formula is C29H43BN2O4. The zero-order chi connectivity index (χ0) is 26.5. The molecule has 1 aromatic carbocycles. The van der Waals surface area contributed by atoms with Gasteiger partial charge in [-0.15, -0.1) is 0 Å². The van der Waals surface area contributed by atoms with Crippen molar-refractivity contribution in [3.05, 3.63) is 34.9 Å². The number of rotatable bonds is 9. The molecule has 4 atom stereocenters. The van der Waals surface area contributed by atoms with Gasteiger partial charge in [0.05, 0.1) is 17.6 Å². The summed E-state index contributed by atoms with van der Waals surface area (Å²) in [5, 5.41) is 3.18. The zero-order valence-electron chi connectivity index (χ0n) is 23.1. The number of carbonyl (C=O) groups is 2. The van der Waals surface area contributed by atoms with Gasteiger partial charge in [0.15, 0.2) is 0 Å². The Kier molecular flexibility index (Phi) is 9.66. The van der Waals surface area contributed by atoms with E-state index >= 15 is 0 Å². The second-order valence-corrected chi connectivity index (χ2v) is 11.0. The second kappa shape index (κ2) is 12.3. The molecule has 2 amide bonds. The molecule has 36 heavy (non-hydrogen) atoms. The van der Waals surface area contributed by atoms with E-state index in [9.17, 15) is 9.59 Å². The minimum atomic E-state index is -0.547. The van der Waals surface area contributed by atoms with E-state index in [2.05, 4.69) is 70.0 Å². The lowest BCUT2D eigenvalue weighted by Gasteiger charge is -2.44. The molecule has 2 aliphatic rings. The Morgan fingerprint density at radius 1 is 1.28 bits per heavy atom. The third-order valence-corrected chi connectivity index (χ3v) is 7.79. The quantitative estimate of drug-likeness (QED) is 0.412. The lowest BCUT2D eigenvalue weighted by Crippen LogP contribution is -2.53. The average molecular weight is 494 g/mol. The summed E-state index contributed by atoms with van der Waals surface area (Å²) in [6.45, 7) is 14.9. The first-order chi connectivity index (χ1) is 17.1. The van der Waals surface area contributed by atoms with Crippen molar-refractivity contribution in [1.29, 1.82) is 0 Å². The normalized spacial score (nSPS) is 24.1.